The maximum Gasteiger partial charge on any atom is 0.164 e. The van der Waals surface area contributed by atoms with Crippen molar-refractivity contribution in [3.63, 3.8) is 0 Å². The van der Waals surface area contributed by atoms with E-state index >= 15 is 0 Å². The standard InChI is InChI=1S/C69H43N5O/c1-3-17-44(18-4-1)67-70-68(72-69(71-67)51-23-15-26-53(41-51)74-60-31-10-7-27-55(60)56-28-8-11-32-61(56)74)50-22-14-21-49(40-50)54-30-16-33-63-66(54)59-43-47(35-37-62(59)73(63)52-24-5-2-6-25-52)45-19-13-20-46(39-45)48-36-38-65-58(42-48)57-29-9-12-34-64(57)75-65/h1-43H. The second kappa shape index (κ2) is 17.3. The van der Waals surface area contributed by atoms with Crippen LogP contribution in [-0.2, 0) is 0 Å². The van der Waals surface area contributed by atoms with Crippen LogP contribution in [0, 0.1) is 0 Å². The minimum Gasteiger partial charge on any atom is -0.456 e. The Labute approximate surface area is 431 Å². The van der Waals surface area contributed by atoms with Crippen molar-refractivity contribution < 1.29 is 4.42 Å². The molecule has 0 aliphatic rings. The van der Waals surface area contributed by atoms with Gasteiger partial charge in [0.25, 0.3) is 0 Å². The topological polar surface area (TPSA) is 61.7 Å². The van der Waals surface area contributed by atoms with Gasteiger partial charge in [0.15, 0.2) is 17.5 Å². The summed E-state index contributed by atoms with van der Waals surface area (Å²) in [7, 11) is 0. The van der Waals surface area contributed by atoms with E-state index in [9.17, 15) is 0 Å². The molecule has 4 heterocycles. The number of benzene rings is 11. The predicted octanol–water partition coefficient (Wildman–Crippen LogP) is 18.0. The van der Waals surface area contributed by atoms with Crippen LogP contribution >= 0.6 is 0 Å². The maximum absolute atomic E-state index is 6.18. The number of rotatable bonds is 8. The molecule has 0 atom stereocenters. The van der Waals surface area contributed by atoms with E-state index in [2.05, 4.69) is 240 Å². The van der Waals surface area contributed by atoms with Crippen molar-refractivity contribution in [2.75, 3.05) is 0 Å². The molecule has 15 aromatic rings. The summed E-state index contributed by atoms with van der Waals surface area (Å²) in [5.74, 6) is 1.82. The molecule has 0 spiro atoms. The Balaban J connectivity index is 0.869. The van der Waals surface area contributed by atoms with E-state index in [-0.39, 0.29) is 0 Å². The van der Waals surface area contributed by atoms with Gasteiger partial charge in [-0.15, -0.1) is 0 Å². The summed E-state index contributed by atoms with van der Waals surface area (Å²) < 4.78 is 10.9. The summed E-state index contributed by atoms with van der Waals surface area (Å²) >= 11 is 0. The van der Waals surface area contributed by atoms with Gasteiger partial charge in [0.1, 0.15) is 11.2 Å². The second-order valence-electron chi connectivity index (χ2n) is 19.2. The highest BCUT2D eigenvalue weighted by molar-refractivity contribution is 6.17. The molecule has 0 fully saturated rings. The van der Waals surface area contributed by atoms with Gasteiger partial charge in [-0.2, -0.15) is 0 Å². The molecule has 0 aliphatic carbocycles. The summed E-state index contributed by atoms with van der Waals surface area (Å²) in [4.78, 5) is 15.7. The molecule has 0 radical (unpaired) electrons. The fraction of sp³-hybridized carbons (Fsp3) is 0. The summed E-state index contributed by atoms with van der Waals surface area (Å²) in [5, 5.41) is 7.02. The SMILES string of the molecule is c1ccc(-c2nc(-c3cccc(-c4cccc5c4c4cc(-c6cccc(-c7ccc8oc9ccccc9c8c7)c6)ccc4n5-c4ccccc4)c3)nc(-c3cccc(-n4c5ccccc5c5ccccc54)c3)n2)cc1. The summed E-state index contributed by atoms with van der Waals surface area (Å²) in [6.45, 7) is 0. The number of hydrogen-bond acceptors (Lipinski definition) is 4. The molecule has 0 amide bonds. The summed E-state index contributed by atoms with van der Waals surface area (Å²) in [6.07, 6.45) is 0. The van der Waals surface area contributed by atoms with Crippen molar-refractivity contribution in [2.24, 2.45) is 0 Å². The van der Waals surface area contributed by atoms with Crippen LogP contribution in [0.4, 0.5) is 0 Å². The highest BCUT2D eigenvalue weighted by Gasteiger charge is 2.20. The Morgan fingerprint density at radius 3 is 1.44 bits per heavy atom. The van der Waals surface area contributed by atoms with Crippen LogP contribution in [0.15, 0.2) is 265 Å². The Morgan fingerprint density at radius 1 is 0.253 bits per heavy atom. The molecule has 0 aliphatic heterocycles. The number of aromatic nitrogens is 5. The van der Waals surface area contributed by atoms with Crippen molar-refractivity contribution in [1.82, 2.24) is 24.1 Å². The zero-order chi connectivity index (χ0) is 49.4. The fourth-order valence-electron chi connectivity index (χ4n) is 11.3. The van der Waals surface area contributed by atoms with Crippen molar-refractivity contribution in [1.29, 1.82) is 0 Å². The van der Waals surface area contributed by atoms with E-state index in [0.717, 1.165) is 105 Å². The first-order valence-corrected chi connectivity index (χ1v) is 25.3. The smallest absolute Gasteiger partial charge is 0.164 e. The van der Waals surface area contributed by atoms with E-state index in [1.165, 1.54) is 21.5 Å². The molecule has 350 valence electrons. The maximum atomic E-state index is 6.18. The molecule has 0 saturated heterocycles. The normalized spacial score (nSPS) is 11.7. The predicted molar refractivity (Wildman–Crippen MR) is 308 cm³/mol. The second-order valence-corrected chi connectivity index (χ2v) is 19.2. The molecular weight excluding hydrogens is 915 g/mol. The Morgan fingerprint density at radius 2 is 0.707 bits per heavy atom. The third kappa shape index (κ3) is 7.14. The van der Waals surface area contributed by atoms with Gasteiger partial charge in [0.2, 0.25) is 0 Å². The molecule has 0 saturated carbocycles. The average molecular weight is 958 g/mol. The van der Waals surface area contributed by atoms with Crippen LogP contribution in [0.25, 0.3) is 144 Å². The summed E-state index contributed by atoms with van der Waals surface area (Å²) in [6, 6.07) is 92.4. The highest BCUT2D eigenvalue weighted by atomic mass is 16.3. The minimum absolute atomic E-state index is 0.601. The zero-order valence-electron chi connectivity index (χ0n) is 40.5. The van der Waals surface area contributed by atoms with Crippen molar-refractivity contribution in [3.05, 3.63) is 261 Å². The van der Waals surface area contributed by atoms with E-state index in [1.54, 1.807) is 0 Å². The van der Waals surface area contributed by atoms with Gasteiger partial charge >= 0.3 is 0 Å². The van der Waals surface area contributed by atoms with Crippen molar-refractivity contribution in [3.8, 4) is 78.9 Å². The Kier molecular flexibility index (Phi) is 9.78. The lowest BCUT2D eigenvalue weighted by Gasteiger charge is -2.12. The van der Waals surface area contributed by atoms with Crippen LogP contribution in [0.2, 0.25) is 0 Å². The van der Waals surface area contributed by atoms with Gasteiger partial charge < -0.3 is 13.6 Å². The van der Waals surface area contributed by atoms with E-state index in [1.807, 2.05) is 30.3 Å². The summed E-state index contributed by atoms with van der Waals surface area (Å²) in [5.41, 5.74) is 18.0. The molecule has 4 aromatic heterocycles. The molecule has 0 N–H and O–H groups in total. The van der Waals surface area contributed by atoms with Crippen LogP contribution < -0.4 is 0 Å². The molecule has 11 aromatic carbocycles. The lowest BCUT2D eigenvalue weighted by Crippen LogP contribution is -2.01. The Bertz CT molecular complexity index is 4670. The largest absolute Gasteiger partial charge is 0.456 e. The van der Waals surface area contributed by atoms with E-state index in [0.29, 0.717) is 17.5 Å². The quantitative estimate of drug-likeness (QED) is 0.152. The first-order valence-electron chi connectivity index (χ1n) is 25.3. The molecule has 6 nitrogen and oxygen atoms in total. The van der Waals surface area contributed by atoms with Gasteiger partial charge in [-0.3, -0.25) is 0 Å². The molecule has 6 heteroatoms. The lowest BCUT2D eigenvalue weighted by atomic mass is 9.95. The van der Waals surface area contributed by atoms with Gasteiger partial charge in [-0.05, 0) is 118 Å². The fourth-order valence-corrected chi connectivity index (χ4v) is 11.3. The number of hydrogen-bond donors (Lipinski definition) is 0. The molecule has 15 rings (SSSR count). The van der Waals surface area contributed by atoms with Crippen LogP contribution in [0.5, 0.6) is 0 Å². The number of fused-ring (bicyclic) bond motifs is 9. The van der Waals surface area contributed by atoms with E-state index < -0.39 is 0 Å². The van der Waals surface area contributed by atoms with Crippen molar-refractivity contribution >= 4 is 65.6 Å². The van der Waals surface area contributed by atoms with Crippen LogP contribution in [-0.4, -0.2) is 24.1 Å². The van der Waals surface area contributed by atoms with E-state index in [4.69, 9.17) is 19.4 Å². The lowest BCUT2D eigenvalue weighted by molar-refractivity contribution is 0.669. The van der Waals surface area contributed by atoms with Crippen LogP contribution in [0.3, 0.4) is 0 Å². The first-order chi connectivity index (χ1) is 37.2. The molecule has 0 unspecified atom stereocenters. The third-order valence-corrected chi connectivity index (χ3v) is 14.8. The van der Waals surface area contributed by atoms with Gasteiger partial charge in [-0.25, -0.2) is 15.0 Å². The molecule has 75 heavy (non-hydrogen) atoms. The first kappa shape index (κ1) is 42.5. The average Bonchev–Trinajstić information content (AvgIpc) is 4.15. The molecular formula is C69H43N5O. The van der Waals surface area contributed by atoms with Crippen molar-refractivity contribution in [2.45, 2.75) is 0 Å². The molecule has 0 bridgehead atoms. The zero-order valence-corrected chi connectivity index (χ0v) is 40.5. The number of furan rings is 1. The van der Waals surface area contributed by atoms with Gasteiger partial charge in [0, 0.05) is 60.4 Å². The van der Waals surface area contributed by atoms with Gasteiger partial charge in [0.05, 0.1) is 22.1 Å². The monoisotopic (exact) mass is 957 g/mol. The minimum atomic E-state index is 0.601. The highest BCUT2D eigenvalue weighted by Crippen LogP contribution is 2.42. The number of para-hydroxylation sites is 4. The van der Waals surface area contributed by atoms with Crippen LogP contribution in [0.1, 0.15) is 0 Å². The number of nitrogens with zero attached hydrogens (tertiary/aromatic N) is 5. The Hall–Kier alpha value is -10.2. The third-order valence-electron chi connectivity index (χ3n) is 14.8. The van der Waals surface area contributed by atoms with Gasteiger partial charge in [-0.1, -0.05) is 176 Å².